The maximum atomic E-state index is 12.2. The van der Waals surface area contributed by atoms with Crippen LogP contribution in [-0.4, -0.2) is 28.7 Å². The van der Waals surface area contributed by atoms with Crippen molar-refractivity contribution in [3.05, 3.63) is 53.5 Å². The molecule has 1 N–H and O–H groups in total. The molecule has 1 atom stereocenters. The second-order valence-electron chi connectivity index (χ2n) is 5.64. The highest BCUT2D eigenvalue weighted by Crippen LogP contribution is 2.29. The Morgan fingerprint density at radius 3 is 2.54 bits per heavy atom. The molecule has 8 heteroatoms. The third kappa shape index (κ3) is 4.25. The highest BCUT2D eigenvalue weighted by Gasteiger charge is 2.18. The van der Waals surface area contributed by atoms with Crippen molar-refractivity contribution in [3.8, 4) is 5.75 Å². The fourth-order valence-electron chi connectivity index (χ4n) is 2.34. The summed E-state index contributed by atoms with van der Waals surface area (Å²) in [5, 5.41) is 4.58. The first kappa shape index (κ1) is 18.5. The van der Waals surface area contributed by atoms with Crippen LogP contribution in [0.15, 0.2) is 48.5 Å². The molecule has 0 unspecified atom stereocenters. The van der Waals surface area contributed by atoms with Crippen molar-refractivity contribution in [2.24, 2.45) is 0 Å². The Kier molecular flexibility index (Phi) is 5.63. The molecule has 0 aliphatic rings. The number of nitrogens with one attached hydrogen (secondary N) is 1. The van der Waals surface area contributed by atoms with Crippen LogP contribution in [0.5, 0.6) is 5.75 Å². The largest absolute Gasteiger partial charge is 0.435 e. The molecule has 0 aliphatic carbocycles. The Morgan fingerprint density at radius 2 is 1.88 bits per heavy atom. The Hall–Kier alpha value is -2.32. The number of hydrogen-bond donors (Lipinski definition) is 1. The molecule has 0 bridgehead atoms. The van der Waals surface area contributed by atoms with E-state index in [1.807, 2.05) is 43.1 Å². The highest BCUT2D eigenvalue weighted by atomic mass is 32.1. The molecule has 136 valence electrons. The fourth-order valence-corrected chi connectivity index (χ4v) is 3.68. The summed E-state index contributed by atoms with van der Waals surface area (Å²) >= 11 is 7.10. The monoisotopic (exact) mass is 393 g/mol. The van der Waals surface area contributed by atoms with Crippen LogP contribution in [0.1, 0.15) is 18.0 Å². The molecule has 0 saturated heterocycles. The van der Waals surface area contributed by atoms with Gasteiger partial charge in [0.1, 0.15) is 10.8 Å². The van der Waals surface area contributed by atoms with Gasteiger partial charge in [0, 0.05) is 12.7 Å². The molecule has 3 aromatic rings. The number of anilines is 1. The van der Waals surface area contributed by atoms with Crippen LogP contribution in [0.25, 0.3) is 10.2 Å². The Morgan fingerprint density at radius 1 is 1.19 bits per heavy atom. The Balaban J connectivity index is 1.66. The maximum Gasteiger partial charge on any atom is 0.387 e. The van der Waals surface area contributed by atoms with E-state index in [0.29, 0.717) is 10.8 Å². The van der Waals surface area contributed by atoms with E-state index in [0.717, 1.165) is 15.2 Å². The zero-order valence-electron chi connectivity index (χ0n) is 14.1. The zero-order valence-corrected chi connectivity index (χ0v) is 15.8. The average Bonchev–Trinajstić information content (AvgIpc) is 3.05. The number of halogens is 2. The number of benzene rings is 2. The van der Waals surface area contributed by atoms with Crippen molar-refractivity contribution < 1.29 is 13.5 Å². The predicted molar refractivity (Wildman–Crippen MR) is 105 cm³/mol. The smallest absolute Gasteiger partial charge is 0.387 e. The second-order valence-corrected chi connectivity index (χ2v) is 7.09. The number of para-hydroxylation sites is 1. The lowest BCUT2D eigenvalue weighted by molar-refractivity contribution is -0.0498. The standard InChI is InChI=1S/C18H17F2N3OS2/c1-11(16-22-14-5-3-4-6-15(14)26-16)23(2)18(25)21-12-7-9-13(10-8-12)24-17(19)20/h3-11,17H,1-2H3,(H,21,25)/t11-/m1/s1. The summed E-state index contributed by atoms with van der Waals surface area (Å²) in [5.41, 5.74) is 1.67. The summed E-state index contributed by atoms with van der Waals surface area (Å²) < 4.78 is 29.9. The molecule has 1 aromatic heterocycles. The quantitative estimate of drug-likeness (QED) is 0.597. The molecule has 0 radical (unpaired) electrons. The van der Waals surface area contributed by atoms with Gasteiger partial charge < -0.3 is 15.0 Å². The first-order valence-corrected chi connectivity index (χ1v) is 9.10. The van der Waals surface area contributed by atoms with E-state index in [1.165, 1.54) is 12.1 Å². The fraction of sp³-hybridized carbons (Fsp3) is 0.222. The van der Waals surface area contributed by atoms with Gasteiger partial charge in [0.15, 0.2) is 5.11 Å². The third-order valence-corrected chi connectivity index (χ3v) is 5.50. The van der Waals surface area contributed by atoms with E-state index >= 15 is 0 Å². The van der Waals surface area contributed by atoms with E-state index in [-0.39, 0.29) is 11.8 Å². The lowest BCUT2D eigenvalue weighted by Gasteiger charge is -2.26. The van der Waals surface area contributed by atoms with Crippen molar-refractivity contribution in [2.45, 2.75) is 19.6 Å². The van der Waals surface area contributed by atoms with Gasteiger partial charge in [0.05, 0.1) is 16.3 Å². The predicted octanol–water partition coefficient (Wildman–Crippen LogP) is 5.29. The number of ether oxygens (including phenoxy) is 1. The lowest BCUT2D eigenvalue weighted by Crippen LogP contribution is -2.33. The van der Waals surface area contributed by atoms with Crippen LogP contribution < -0.4 is 10.1 Å². The van der Waals surface area contributed by atoms with Crippen molar-refractivity contribution in [2.75, 3.05) is 12.4 Å². The summed E-state index contributed by atoms with van der Waals surface area (Å²) in [7, 11) is 1.89. The second kappa shape index (κ2) is 7.92. The molecule has 0 saturated carbocycles. The van der Waals surface area contributed by atoms with Crippen LogP contribution in [0.4, 0.5) is 14.5 Å². The highest BCUT2D eigenvalue weighted by molar-refractivity contribution is 7.80. The topological polar surface area (TPSA) is 37.4 Å². The van der Waals surface area contributed by atoms with Gasteiger partial charge in [-0.3, -0.25) is 0 Å². The molecule has 4 nitrogen and oxygen atoms in total. The summed E-state index contributed by atoms with van der Waals surface area (Å²) in [5.74, 6) is 0.104. The number of fused-ring (bicyclic) bond motifs is 1. The van der Waals surface area contributed by atoms with Gasteiger partial charge in [-0.1, -0.05) is 12.1 Å². The molecule has 1 heterocycles. The molecule has 0 aliphatic heterocycles. The van der Waals surface area contributed by atoms with Gasteiger partial charge in [-0.05, 0) is 55.5 Å². The van der Waals surface area contributed by atoms with Gasteiger partial charge in [0.2, 0.25) is 0 Å². The molecular weight excluding hydrogens is 376 g/mol. The molecule has 2 aromatic carbocycles. The third-order valence-electron chi connectivity index (χ3n) is 3.90. The number of rotatable bonds is 5. The number of thiazole rings is 1. The zero-order chi connectivity index (χ0) is 18.7. The van der Waals surface area contributed by atoms with Crippen molar-refractivity contribution in [3.63, 3.8) is 0 Å². The van der Waals surface area contributed by atoms with Crippen molar-refractivity contribution in [1.29, 1.82) is 0 Å². The first-order chi connectivity index (χ1) is 12.4. The van der Waals surface area contributed by atoms with Crippen LogP contribution in [-0.2, 0) is 0 Å². The summed E-state index contributed by atoms with van der Waals surface area (Å²) in [4.78, 5) is 6.58. The Labute approximate surface area is 159 Å². The number of nitrogens with zero attached hydrogens (tertiary/aromatic N) is 2. The van der Waals surface area contributed by atoms with Crippen LogP contribution in [0, 0.1) is 0 Å². The normalized spacial score (nSPS) is 12.2. The van der Waals surface area contributed by atoms with Gasteiger partial charge >= 0.3 is 6.61 Å². The van der Waals surface area contributed by atoms with E-state index in [2.05, 4.69) is 15.0 Å². The number of alkyl halides is 2. The molecular formula is C18H17F2N3OS2. The first-order valence-electron chi connectivity index (χ1n) is 7.88. The number of thiocarbonyl (C=S) groups is 1. The minimum Gasteiger partial charge on any atom is -0.435 e. The van der Waals surface area contributed by atoms with E-state index in [4.69, 9.17) is 12.2 Å². The van der Waals surface area contributed by atoms with Crippen LogP contribution >= 0.6 is 23.6 Å². The number of aromatic nitrogens is 1. The molecule has 0 fully saturated rings. The van der Waals surface area contributed by atoms with Gasteiger partial charge in [-0.15, -0.1) is 11.3 Å². The summed E-state index contributed by atoms with van der Waals surface area (Å²) in [6, 6.07) is 14.2. The van der Waals surface area contributed by atoms with Crippen molar-refractivity contribution in [1.82, 2.24) is 9.88 Å². The van der Waals surface area contributed by atoms with Gasteiger partial charge in [0.25, 0.3) is 0 Å². The van der Waals surface area contributed by atoms with E-state index in [9.17, 15) is 8.78 Å². The average molecular weight is 393 g/mol. The maximum absolute atomic E-state index is 12.2. The molecule has 3 rings (SSSR count). The van der Waals surface area contributed by atoms with Gasteiger partial charge in [-0.2, -0.15) is 8.78 Å². The molecule has 0 amide bonds. The van der Waals surface area contributed by atoms with Crippen LogP contribution in [0.3, 0.4) is 0 Å². The van der Waals surface area contributed by atoms with Crippen molar-refractivity contribution >= 4 is 44.6 Å². The molecule has 0 spiro atoms. The van der Waals surface area contributed by atoms with E-state index in [1.54, 1.807) is 23.5 Å². The minimum atomic E-state index is -2.84. The minimum absolute atomic E-state index is 0.00570. The van der Waals surface area contributed by atoms with Gasteiger partial charge in [-0.25, -0.2) is 4.98 Å². The Bertz CT molecular complexity index is 866. The molecule has 26 heavy (non-hydrogen) atoms. The van der Waals surface area contributed by atoms with E-state index < -0.39 is 6.61 Å². The number of hydrogen-bond acceptors (Lipinski definition) is 4. The van der Waals surface area contributed by atoms with Crippen LogP contribution in [0.2, 0.25) is 0 Å². The summed E-state index contributed by atoms with van der Waals surface area (Å²) in [6.07, 6.45) is 0. The lowest BCUT2D eigenvalue weighted by atomic mass is 10.3. The SMILES string of the molecule is C[C@H](c1nc2ccccc2s1)N(C)C(=S)Nc1ccc(OC(F)F)cc1. The summed E-state index contributed by atoms with van der Waals surface area (Å²) in [6.45, 7) is -0.804.